The molecule has 0 aliphatic rings. The van der Waals surface area contributed by atoms with Crippen molar-refractivity contribution < 1.29 is 80.2 Å². The fourth-order valence-electron chi connectivity index (χ4n) is 10.9. The molecule has 618 valence electrons. The molecule has 0 amide bonds. The fourth-order valence-corrected chi connectivity index (χ4v) is 12.5. The number of hydrogen-bond acceptors (Lipinski definition) is 15. The highest BCUT2D eigenvalue weighted by Crippen LogP contribution is 2.45. The van der Waals surface area contributed by atoms with E-state index < -0.39 is 97.5 Å². The topological polar surface area (TPSA) is 237 Å². The van der Waals surface area contributed by atoms with Gasteiger partial charge in [-0.05, 0) is 167 Å². The van der Waals surface area contributed by atoms with Crippen molar-refractivity contribution in [2.45, 2.75) is 354 Å². The number of ether oxygens (including phenoxy) is 4. The van der Waals surface area contributed by atoms with E-state index in [0.717, 1.165) is 199 Å². The zero-order valence-electron chi connectivity index (χ0n) is 67.7. The Labute approximate surface area is 656 Å². The van der Waals surface area contributed by atoms with E-state index in [4.69, 9.17) is 37.0 Å². The Hall–Kier alpha value is -5.06. The molecule has 3 N–H and O–H groups in total. The maximum absolute atomic E-state index is 13.1. The molecule has 108 heavy (non-hydrogen) atoms. The first-order chi connectivity index (χ1) is 52.7. The summed E-state index contributed by atoms with van der Waals surface area (Å²) in [6.07, 6.45) is 92.3. The Kier molecular flexibility index (Phi) is 76.3. The summed E-state index contributed by atoms with van der Waals surface area (Å²) in [5, 5.41) is 10.7. The molecule has 0 aromatic carbocycles. The third kappa shape index (κ3) is 79.0. The van der Waals surface area contributed by atoms with E-state index in [1.54, 1.807) is 0 Å². The molecule has 0 spiro atoms. The van der Waals surface area contributed by atoms with Gasteiger partial charge in [0.05, 0.1) is 26.4 Å². The summed E-state index contributed by atoms with van der Waals surface area (Å²) in [5.74, 6) is -2.25. The molecule has 0 rings (SSSR count). The van der Waals surface area contributed by atoms with Crippen LogP contribution in [0.15, 0.2) is 146 Å². The molecule has 5 atom stereocenters. The molecule has 0 heterocycles. The fraction of sp³-hybridized carbons (Fsp3) is 0.685. The first-order valence-electron chi connectivity index (χ1n) is 42.1. The third-order valence-corrected chi connectivity index (χ3v) is 19.2. The second-order valence-electron chi connectivity index (χ2n) is 27.6. The lowest BCUT2D eigenvalue weighted by molar-refractivity contribution is -0.161. The highest BCUT2D eigenvalue weighted by Gasteiger charge is 2.30. The van der Waals surface area contributed by atoms with E-state index in [-0.39, 0.29) is 25.7 Å². The van der Waals surface area contributed by atoms with Crippen LogP contribution in [0.5, 0.6) is 0 Å². The molecule has 19 heteroatoms. The number of esters is 4. The Morgan fingerprint density at radius 1 is 0.269 bits per heavy atom. The molecule has 0 fully saturated rings. The standard InChI is InChI=1S/C89H150O17P2/c1-5-9-13-17-21-25-29-33-37-40-41-44-47-50-54-58-62-66-70-74-87(92)100-80-85(106-89(94)76-72-68-64-60-56-52-48-43-39-35-31-27-23-19-15-11-7-3)82-104-108(97,98)102-78-83(90)77-101-107(95,96)103-81-84(105-88(93)75-71-67-63-59-55-51-45-36-32-28-24-20-16-12-8-4)79-99-86(91)73-69-65-61-57-53-49-46-42-38-34-30-26-22-18-14-10-6-2/h10-11,14-15,21-23,25-27,33-39,41,44-46,48-49,52,83-85,90H,5-9,12-13,16-20,24,28-32,40,42-43,47,50-51,53-82H2,1-4H3,(H,95,96)(H,97,98)/b14-10-,15-11-,25-21-,26-22-,27-23-,37-33-,38-34-,39-35-,44-41-,45-36-,49-46-,52-48-. The predicted octanol–water partition coefficient (Wildman–Crippen LogP) is 25.0. The summed E-state index contributed by atoms with van der Waals surface area (Å²) in [5.41, 5.74) is 0. The van der Waals surface area contributed by atoms with Gasteiger partial charge in [-0.3, -0.25) is 37.3 Å². The van der Waals surface area contributed by atoms with E-state index in [1.165, 1.54) is 57.8 Å². The number of carbonyl (C=O) groups is 4. The van der Waals surface area contributed by atoms with Gasteiger partial charge in [-0.2, -0.15) is 0 Å². The second kappa shape index (κ2) is 80.0. The molecule has 0 aromatic rings. The quantitative estimate of drug-likeness (QED) is 0.0169. The van der Waals surface area contributed by atoms with Gasteiger partial charge < -0.3 is 33.8 Å². The van der Waals surface area contributed by atoms with Gasteiger partial charge in [0.15, 0.2) is 12.2 Å². The highest BCUT2D eigenvalue weighted by atomic mass is 31.2. The summed E-state index contributed by atoms with van der Waals surface area (Å²) in [4.78, 5) is 73.2. The van der Waals surface area contributed by atoms with Crippen molar-refractivity contribution in [1.29, 1.82) is 0 Å². The first kappa shape index (κ1) is 103. The van der Waals surface area contributed by atoms with Crippen LogP contribution in [0.3, 0.4) is 0 Å². The van der Waals surface area contributed by atoms with E-state index in [2.05, 4.69) is 174 Å². The van der Waals surface area contributed by atoms with E-state index in [9.17, 15) is 43.2 Å². The number of aliphatic hydroxyl groups is 1. The van der Waals surface area contributed by atoms with Crippen LogP contribution in [-0.4, -0.2) is 96.7 Å². The summed E-state index contributed by atoms with van der Waals surface area (Å²) in [6, 6.07) is 0. The number of allylic oxidation sites excluding steroid dienone is 24. The predicted molar refractivity (Wildman–Crippen MR) is 445 cm³/mol. The van der Waals surface area contributed by atoms with E-state index >= 15 is 0 Å². The van der Waals surface area contributed by atoms with Crippen LogP contribution in [0.2, 0.25) is 0 Å². The van der Waals surface area contributed by atoms with Crippen molar-refractivity contribution in [3.8, 4) is 0 Å². The zero-order valence-corrected chi connectivity index (χ0v) is 69.5. The largest absolute Gasteiger partial charge is 0.472 e. The molecule has 0 aliphatic heterocycles. The Morgan fingerprint density at radius 2 is 0.481 bits per heavy atom. The maximum atomic E-state index is 13.1. The molecule has 0 aromatic heterocycles. The number of phosphoric acid groups is 2. The summed E-state index contributed by atoms with van der Waals surface area (Å²) in [6.45, 7) is 4.56. The van der Waals surface area contributed by atoms with Crippen LogP contribution in [0.1, 0.15) is 336 Å². The van der Waals surface area contributed by atoms with Gasteiger partial charge in [-0.15, -0.1) is 0 Å². The highest BCUT2D eigenvalue weighted by molar-refractivity contribution is 7.47. The molecule has 17 nitrogen and oxygen atoms in total. The lowest BCUT2D eigenvalue weighted by Gasteiger charge is -2.21. The minimum Gasteiger partial charge on any atom is -0.462 e. The first-order valence-corrected chi connectivity index (χ1v) is 45.1. The smallest absolute Gasteiger partial charge is 0.462 e. The van der Waals surface area contributed by atoms with Gasteiger partial charge in [0.25, 0.3) is 0 Å². The van der Waals surface area contributed by atoms with Crippen LogP contribution in [0, 0.1) is 0 Å². The van der Waals surface area contributed by atoms with Crippen molar-refractivity contribution in [1.82, 2.24) is 0 Å². The molecular formula is C89H150O17P2. The van der Waals surface area contributed by atoms with E-state index in [0.29, 0.717) is 25.7 Å². The van der Waals surface area contributed by atoms with Gasteiger partial charge in [0.2, 0.25) is 0 Å². The summed E-state index contributed by atoms with van der Waals surface area (Å²) >= 11 is 0. The van der Waals surface area contributed by atoms with Crippen LogP contribution in [0.4, 0.5) is 0 Å². The van der Waals surface area contributed by atoms with E-state index in [1.807, 2.05) is 0 Å². The normalized spacial score (nSPS) is 14.5. The van der Waals surface area contributed by atoms with Crippen molar-refractivity contribution >= 4 is 39.5 Å². The second-order valence-corrected chi connectivity index (χ2v) is 30.6. The van der Waals surface area contributed by atoms with Gasteiger partial charge in [0.1, 0.15) is 19.3 Å². The minimum atomic E-state index is -5.00. The molecule has 5 unspecified atom stereocenters. The molecule has 0 radical (unpaired) electrons. The van der Waals surface area contributed by atoms with Crippen LogP contribution >= 0.6 is 15.6 Å². The number of aliphatic hydroxyl groups excluding tert-OH is 1. The van der Waals surface area contributed by atoms with Gasteiger partial charge in [0, 0.05) is 25.7 Å². The molecular weight excluding hydrogens is 1400 g/mol. The monoisotopic (exact) mass is 1550 g/mol. The Bertz CT molecular complexity index is 2610. The van der Waals surface area contributed by atoms with Crippen LogP contribution in [0.25, 0.3) is 0 Å². The number of rotatable bonds is 78. The van der Waals surface area contributed by atoms with Gasteiger partial charge in [-0.1, -0.05) is 289 Å². The summed E-state index contributed by atoms with van der Waals surface area (Å²) < 4.78 is 68.7. The number of hydrogen-bond donors (Lipinski definition) is 3. The third-order valence-electron chi connectivity index (χ3n) is 17.3. The van der Waals surface area contributed by atoms with Crippen molar-refractivity contribution in [3.05, 3.63) is 146 Å². The SMILES string of the molecule is CC/C=C\C/C=C\C/C=C\C/C=C\CCCCCCC(=O)OCC(COP(=O)(O)OCC(O)COP(=O)(O)OCC(COC(=O)CCCCCCCC/C=C\C/C=C\C/C=C\CCCCC)OC(=O)CCCCCC/C=C\C/C=C\C/C=C\C/C=C\CC)OC(=O)CCCCCCC/C=C\CCCCCCCC. The number of carbonyl (C=O) groups excluding carboxylic acids is 4. The number of unbranched alkanes of at least 4 members (excludes halogenated alkanes) is 28. The van der Waals surface area contributed by atoms with Crippen molar-refractivity contribution in [2.24, 2.45) is 0 Å². The number of phosphoric ester groups is 2. The Morgan fingerprint density at radius 3 is 0.769 bits per heavy atom. The maximum Gasteiger partial charge on any atom is 0.472 e. The molecule has 0 saturated heterocycles. The lowest BCUT2D eigenvalue weighted by atomic mass is 10.1. The van der Waals surface area contributed by atoms with Gasteiger partial charge >= 0.3 is 39.5 Å². The molecule has 0 aliphatic carbocycles. The zero-order chi connectivity index (χ0) is 78.9. The van der Waals surface area contributed by atoms with Crippen molar-refractivity contribution in [2.75, 3.05) is 39.6 Å². The average Bonchev–Trinajstić information content (AvgIpc) is 0.906. The Balaban J connectivity index is 5.44. The van der Waals surface area contributed by atoms with Crippen molar-refractivity contribution in [3.63, 3.8) is 0 Å². The lowest BCUT2D eigenvalue weighted by Crippen LogP contribution is -2.30. The summed E-state index contributed by atoms with van der Waals surface area (Å²) in [7, 11) is -9.99. The molecule has 0 bridgehead atoms. The minimum absolute atomic E-state index is 0.0595. The van der Waals surface area contributed by atoms with Crippen LogP contribution < -0.4 is 0 Å². The molecule has 0 saturated carbocycles. The van der Waals surface area contributed by atoms with Crippen LogP contribution in [-0.2, 0) is 65.4 Å². The average molecular weight is 1550 g/mol. The van der Waals surface area contributed by atoms with Gasteiger partial charge in [-0.25, -0.2) is 9.13 Å².